The summed E-state index contributed by atoms with van der Waals surface area (Å²) in [5.74, 6) is -0.0770. The van der Waals surface area contributed by atoms with Crippen molar-refractivity contribution in [1.29, 1.82) is 0 Å². The van der Waals surface area contributed by atoms with Gasteiger partial charge in [0.05, 0.1) is 76.3 Å². The number of carbonyl (C=O) groups is 2. The molecular formula is C89H106Cl2F4O16P2S4+2. The minimum Gasteiger partial charge on any atom is -0.588 e. The molecule has 3 N–H and O–H groups in total. The summed E-state index contributed by atoms with van der Waals surface area (Å²) in [4.78, 5) is 58.5. The van der Waals surface area contributed by atoms with Crippen LogP contribution in [-0.2, 0) is 70.9 Å². The fourth-order valence-electron chi connectivity index (χ4n) is 15.7. The van der Waals surface area contributed by atoms with Gasteiger partial charge in [-0.1, -0.05) is 146 Å². The predicted octanol–water partition coefficient (Wildman–Crippen LogP) is 22.1. The standard InChI is InChI=1S/2C19H17OS.2C14H20F2O2.C12H10OS.C7H8O.C2H6.CH2Cl2.CH4O3S.H2O5P2/c2*1-20-16-12-14-19(15-13-16)21(17-8-4-2-5-9-17)18-10-6-3-7-11-18;2*1-13(15,16)8-18-12(17)14-5-9-2-10(6-14)4-11(3-9)7-14;13-14(11-7-3-1-4-8-11)12-9-5-2-6-10-12;1-8-7-5-3-2-4-6-7;1-2;2-1-3;1-5(2,3)4;1-6(2)7(3,4)5/h2*2-15H,1H3;2*9-11H,2-8H2,1H3;1-10H;2-6H,1H3;1-2H3;1H2;1H3,(H,2,3,4);(H2,3,4,5)/q2*+1;;;;;;;;. The van der Waals surface area contributed by atoms with E-state index in [1.165, 1.54) is 67.9 Å². The van der Waals surface area contributed by atoms with E-state index in [-0.39, 0.29) is 39.1 Å². The smallest absolute Gasteiger partial charge is 0.561 e. The van der Waals surface area contributed by atoms with Crippen LogP contribution >= 0.6 is 38.2 Å². The molecule has 8 saturated carbocycles. The fourth-order valence-corrected chi connectivity index (χ4v) is 20.9. The molecule has 117 heavy (non-hydrogen) atoms. The maximum absolute atomic E-state index is 12.8. The number of esters is 2. The Morgan fingerprint density at radius 3 is 0.838 bits per heavy atom. The third kappa shape index (κ3) is 34.0. The molecule has 0 saturated heterocycles. The van der Waals surface area contributed by atoms with Gasteiger partial charge < -0.3 is 28.6 Å². The van der Waals surface area contributed by atoms with Gasteiger partial charge in [-0.05, 0) is 246 Å². The molecule has 0 radical (unpaired) electrons. The molecule has 8 bridgehead atoms. The molecule has 8 aliphatic rings. The molecule has 1 unspecified atom stereocenters. The summed E-state index contributed by atoms with van der Waals surface area (Å²) in [6.45, 7) is 4.04. The van der Waals surface area contributed by atoms with Crippen LogP contribution in [0.4, 0.5) is 17.6 Å². The second-order valence-corrected chi connectivity index (χ2v) is 40.8. The van der Waals surface area contributed by atoms with Gasteiger partial charge in [0, 0.05) is 23.6 Å². The molecule has 0 spiro atoms. The summed E-state index contributed by atoms with van der Waals surface area (Å²) in [7, 11) is -8.18. The topological polar surface area (TPSA) is 249 Å². The van der Waals surface area contributed by atoms with E-state index in [2.05, 4.69) is 146 Å². The third-order valence-electron chi connectivity index (χ3n) is 19.5. The Labute approximate surface area is 706 Å². The van der Waals surface area contributed by atoms with Gasteiger partial charge in [0.25, 0.3) is 22.0 Å². The van der Waals surface area contributed by atoms with E-state index in [1.54, 1.807) is 21.3 Å². The van der Waals surface area contributed by atoms with E-state index in [4.69, 9.17) is 61.2 Å². The number of benzene rings is 9. The number of methoxy groups -OCH3 is 3. The van der Waals surface area contributed by atoms with Crippen LogP contribution in [0, 0.1) is 46.3 Å². The molecule has 632 valence electrons. The van der Waals surface area contributed by atoms with Crippen molar-refractivity contribution in [2.24, 2.45) is 46.3 Å². The van der Waals surface area contributed by atoms with Crippen LogP contribution in [0.25, 0.3) is 0 Å². The second kappa shape index (κ2) is 48.7. The molecule has 16 nitrogen and oxygen atoms in total. The summed E-state index contributed by atoms with van der Waals surface area (Å²) in [6, 6.07) is 88.0. The first-order valence-electron chi connectivity index (χ1n) is 38.1. The minimum absolute atomic E-state index is 0.0804. The highest BCUT2D eigenvalue weighted by molar-refractivity contribution is 8.19. The van der Waals surface area contributed by atoms with Gasteiger partial charge in [0.1, 0.15) is 17.2 Å². The van der Waals surface area contributed by atoms with E-state index < -0.39 is 71.8 Å². The summed E-state index contributed by atoms with van der Waals surface area (Å²) >= 11 is 9.53. The quantitative estimate of drug-likeness (QED) is 0.0180. The van der Waals surface area contributed by atoms with Gasteiger partial charge in [0.2, 0.25) is 0 Å². The van der Waals surface area contributed by atoms with Crippen LogP contribution in [-0.4, -0.2) is 96.9 Å². The molecule has 9 aromatic carbocycles. The average Bonchev–Trinajstić information content (AvgIpc) is 0.746. The first-order chi connectivity index (χ1) is 55.7. The zero-order valence-electron chi connectivity index (χ0n) is 66.8. The number of halogens is 6. The Kier molecular flexibility index (Phi) is 41.0. The summed E-state index contributed by atoms with van der Waals surface area (Å²) in [6.07, 6.45) is 13.3. The average molecular weight is 1770 g/mol. The normalized spacial score (nSPS) is 20.1. The van der Waals surface area contributed by atoms with Gasteiger partial charge in [-0.3, -0.25) is 23.9 Å². The minimum atomic E-state index is -4.78. The zero-order chi connectivity index (χ0) is 85.8. The molecule has 0 amide bonds. The zero-order valence-corrected chi connectivity index (χ0v) is 73.4. The molecule has 17 rings (SSSR count). The highest BCUT2D eigenvalue weighted by Crippen LogP contribution is 2.62. The number of ether oxygens (including phenoxy) is 5. The monoisotopic (exact) mass is 1770 g/mol. The molecular weight excluding hydrogens is 1660 g/mol. The van der Waals surface area contributed by atoms with Crippen molar-refractivity contribution in [3.63, 3.8) is 0 Å². The van der Waals surface area contributed by atoms with Gasteiger partial charge in [-0.15, -0.1) is 23.2 Å². The third-order valence-corrected chi connectivity index (χ3v) is 27.0. The number of hydrogen-bond donors (Lipinski definition) is 3. The van der Waals surface area contributed by atoms with Gasteiger partial charge in [0.15, 0.2) is 42.6 Å². The van der Waals surface area contributed by atoms with E-state index in [1.807, 2.05) is 129 Å². The van der Waals surface area contributed by atoms with E-state index >= 15 is 0 Å². The molecule has 0 heterocycles. The van der Waals surface area contributed by atoms with E-state index in [0.717, 1.165) is 79.4 Å². The molecule has 0 aromatic heterocycles. The highest BCUT2D eigenvalue weighted by atomic mass is 35.5. The second-order valence-electron chi connectivity index (χ2n) is 28.9. The number of alkyl halides is 6. The van der Waals surface area contributed by atoms with Crippen LogP contribution in [0.2, 0.25) is 0 Å². The van der Waals surface area contributed by atoms with Crippen molar-refractivity contribution >= 4 is 92.8 Å². The molecule has 28 heteroatoms. The lowest BCUT2D eigenvalue weighted by atomic mass is 9.49. The van der Waals surface area contributed by atoms with Crippen molar-refractivity contribution in [3.8, 4) is 17.2 Å². The van der Waals surface area contributed by atoms with Gasteiger partial charge >= 0.3 is 26.9 Å². The Hall–Kier alpha value is -7.41. The predicted molar refractivity (Wildman–Crippen MR) is 456 cm³/mol. The highest BCUT2D eigenvalue weighted by Gasteiger charge is 2.57. The largest absolute Gasteiger partial charge is 0.588 e. The number of carbonyl (C=O) groups excluding carboxylic acids is 2. The first-order valence-corrected chi connectivity index (χ1v) is 48.1. The maximum Gasteiger partial charge on any atom is 0.561 e. The Morgan fingerprint density at radius 2 is 0.650 bits per heavy atom. The Balaban J connectivity index is 0.000000212. The van der Waals surface area contributed by atoms with Crippen molar-refractivity contribution in [1.82, 2.24) is 0 Å². The molecule has 0 aliphatic heterocycles. The Bertz CT molecular complexity index is 4180. The van der Waals surface area contributed by atoms with Crippen LogP contribution in [0.15, 0.2) is 300 Å². The fraction of sp³-hybridized carbons (Fsp3) is 0.371. The van der Waals surface area contributed by atoms with Crippen LogP contribution in [0.1, 0.15) is 105 Å². The lowest BCUT2D eigenvalue weighted by Gasteiger charge is -2.55. The number of hydrogen-bond acceptors (Lipinski definition) is 13. The first kappa shape index (κ1) is 98.4. The van der Waals surface area contributed by atoms with Gasteiger partial charge in [-0.25, -0.2) is 26.3 Å². The Morgan fingerprint density at radius 1 is 0.462 bits per heavy atom. The lowest BCUT2D eigenvalue weighted by molar-refractivity contribution is -0.180. The van der Waals surface area contributed by atoms with Crippen molar-refractivity contribution in [2.45, 2.75) is 156 Å². The number of para-hydroxylation sites is 1. The van der Waals surface area contributed by atoms with Crippen molar-refractivity contribution < 1.29 is 91.8 Å². The molecule has 1 atom stereocenters. The molecule has 8 aliphatic carbocycles. The van der Waals surface area contributed by atoms with E-state index in [0.29, 0.717) is 41.8 Å². The summed E-state index contributed by atoms with van der Waals surface area (Å²) in [5, 5.41) is 0.194. The van der Waals surface area contributed by atoms with E-state index in [9.17, 15) is 53.8 Å². The molecule has 9 aromatic rings. The SMILES string of the molecule is CC.CC(F)(F)COC(=O)C12CC3CC(CC(C3)C1)C2.CC(F)(F)COC(=O)C12CC3CC(CC(C3)C1)C2.COc1ccc([S+](c2ccccc2)c2ccccc2)cc1.COc1ccc([S+](c2ccccc2)c2ccccc2)cc1.COc1ccccc1.CS(=O)(=O)O.ClCCl.O=S(c1ccccc1)c1ccccc1.O=[P+]([O-])P(=O)(O)O. The van der Waals surface area contributed by atoms with Crippen LogP contribution in [0.5, 0.6) is 17.2 Å². The van der Waals surface area contributed by atoms with Crippen LogP contribution < -0.4 is 19.1 Å². The van der Waals surface area contributed by atoms with Crippen LogP contribution in [0.3, 0.4) is 0 Å². The molecule has 8 fully saturated rings. The lowest BCUT2D eigenvalue weighted by Crippen LogP contribution is -2.51. The van der Waals surface area contributed by atoms with Crippen molar-refractivity contribution in [3.05, 3.63) is 261 Å². The summed E-state index contributed by atoms with van der Waals surface area (Å²) < 4.78 is 133. The summed E-state index contributed by atoms with van der Waals surface area (Å²) in [5.41, 5.74) is -0.833. The van der Waals surface area contributed by atoms with Crippen molar-refractivity contribution in [2.75, 3.05) is 46.1 Å². The van der Waals surface area contributed by atoms with Gasteiger partial charge in [-0.2, -0.15) is 8.42 Å². The number of rotatable bonds is 18. The maximum atomic E-state index is 12.8.